The zero-order valence-corrected chi connectivity index (χ0v) is 14.1. The fourth-order valence-corrected chi connectivity index (χ4v) is 3.73. The van der Waals surface area contributed by atoms with Crippen LogP contribution >= 0.6 is 0 Å². The van der Waals surface area contributed by atoms with Crippen molar-refractivity contribution in [3.8, 4) is 5.75 Å². The van der Waals surface area contributed by atoms with E-state index in [0.717, 1.165) is 38.2 Å². The first-order chi connectivity index (χ1) is 11.7. The van der Waals surface area contributed by atoms with Crippen LogP contribution in [0.3, 0.4) is 0 Å². The van der Waals surface area contributed by atoms with Gasteiger partial charge in [0.1, 0.15) is 11.9 Å². The van der Waals surface area contributed by atoms with Crippen molar-refractivity contribution in [1.29, 1.82) is 0 Å². The van der Waals surface area contributed by atoms with Gasteiger partial charge in [-0.2, -0.15) is 4.98 Å². The molecule has 4 rings (SSSR count). The van der Waals surface area contributed by atoms with Crippen molar-refractivity contribution in [2.45, 2.75) is 38.5 Å². The fraction of sp³-hybridized carbons (Fsp3) is 0.556. The van der Waals surface area contributed by atoms with Gasteiger partial charge in [-0.05, 0) is 49.9 Å². The Bertz CT molecular complexity index is 685. The van der Waals surface area contributed by atoms with E-state index in [1.54, 1.807) is 7.11 Å². The number of methoxy groups -OCH3 is 1. The smallest absolute Gasteiger partial charge is 0.255 e. The lowest BCUT2D eigenvalue weighted by Crippen LogP contribution is -2.41. The molecule has 0 spiro atoms. The third-order valence-electron chi connectivity index (χ3n) is 5.02. The van der Waals surface area contributed by atoms with Gasteiger partial charge < -0.3 is 14.0 Å². The molecule has 2 aromatic rings. The summed E-state index contributed by atoms with van der Waals surface area (Å²) in [5, 5.41) is 3.88. The van der Waals surface area contributed by atoms with Crippen LogP contribution in [0.25, 0.3) is 0 Å². The van der Waals surface area contributed by atoms with Crippen molar-refractivity contribution in [2.24, 2.45) is 5.92 Å². The number of ether oxygens (including phenoxy) is 2. The molecule has 0 radical (unpaired) electrons. The number of benzene rings is 1. The van der Waals surface area contributed by atoms with Crippen LogP contribution < -0.4 is 4.74 Å². The van der Waals surface area contributed by atoms with Crippen molar-refractivity contribution in [3.63, 3.8) is 0 Å². The standard InChI is InChI=1S/C18H23N3O3/c1-12-19-18(24-20-12)16-9-14-7-8-21(11-17(14)23-16)10-13-3-5-15(22-2)6-4-13/h3-6,14,16-17H,7-11H2,1-2H3/t14-,16-,17+/m0/s1. The van der Waals surface area contributed by atoms with Crippen LogP contribution in [-0.2, 0) is 11.3 Å². The van der Waals surface area contributed by atoms with Gasteiger partial charge in [-0.3, -0.25) is 4.90 Å². The molecule has 1 aromatic heterocycles. The highest BCUT2D eigenvalue weighted by atomic mass is 16.5. The number of likely N-dealkylation sites (tertiary alicyclic amines) is 1. The summed E-state index contributed by atoms with van der Waals surface area (Å²) in [6.45, 7) is 4.85. The first-order valence-electron chi connectivity index (χ1n) is 8.52. The summed E-state index contributed by atoms with van der Waals surface area (Å²) in [5.74, 6) is 2.79. The van der Waals surface area contributed by atoms with Crippen molar-refractivity contribution in [1.82, 2.24) is 15.0 Å². The minimum atomic E-state index is -0.0397. The molecule has 128 valence electrons. The number of aryl methyl sites for hydroxylation is 1. The lowest BCUT2D eigenvalue weighted by atomic mass is 9.91. The molecule has 0 amide bonds. The van der Waals surface area contributed by atoms with Gasteiger partial charge in [-0.25, -0.2) is 0 Å². The fourth-order valence-electron chi connectivity index (χ4n) is 3.73. The Morgan fingerprint density at radius 3 is 2.83 bits per heavy atom. The van der Waals surface area contributed by atoms with Crippen molar-refractivity contribution in [3.05, 3.63) is 41.5 Å². The van der Waals surface area contributed by atoms with E-state index >= 15 is 0 Å². The van der Waals surface area contributed by atoms with Gasteiger partial charge in [-0.15, -0.1) is 0 Å². The van der Waals surface area contributed by atoms with Crippen molar-refractivity contribution >= 4 is 0 Å². The van der Waals surface area contributed by atoms with Crippen LogP contribution in [0.1, 0.15) is 36.2 Å². The molecule has 0 aliphatic carbocycles. The summed E-state index contributed by atoms with van der Waals surface area (Å²) in [6, 6.07) is 8.29. The Hall–Kier alpha value is -1.92. The Labute approximate surface area is 141 Å². The molecule has 0 bridgehead atoms. The van der Waals surface area contributed by atoms with Crippen LogP contribution in [0.4, 0.5) is 0 Å². The van der Waals surface area contributed by atoms with E-state index in [1.807, 2.05) is 19.1 Å². The molecule has 6 nitrogen and oxygen atoms in total. The first kappa shape index (κ1) is 15.6. The van der Waals surface area contributed by atoms with Gasteiger partial charge in [0.05, 0.1) is 13.2 Å². The maximum Gasteiger partial charge on any atom is 0.255 e. The molecular weight excluding hydrogens is 306 g/mol. The van der Waals surface area contributed by atoms with E-state index in [2.05, 4.69) is 27.2 Å². The summed E-state index contributed by atoms with van der Waals surface area (Å²) in [5.41, 5.74) is 1.30. The van der Waals surface area contributed by atoms with Gasteiger partial charge in [0.15, 0.2) is 5.82 Å². The highest BCUT2D eigenvalue weighted by Crippen LogP contribution is 2.40. The molecule has 0 saturated carbocycles. The zero-order chi connectivity index (χ0) is 16.5. The largest absolute Gasteiger partial charge is 0.497 e. The van der Waals surface area contributed by atoms with Crippen molar-refractivity contribution in [2.75, 3.05) is 20.2 Å². The average Bonchev–Trinajstić information content (AvgIpc) is 3.21. The lowest BCUT2D eigenvalue weighted by Gasteiger charge is -2.34. The summed E-state index contributed by atoms with van der Waals surface area (Å²) < 4.78 is 16.7. The minimum absolute atomic E-state index is 0.0397. The maximum absolute atomic E-state index is 6.21. The quantitative estimate of drug-likeness (QED) is 0.859. The average molecular weight is 329 g/mol. The number of nitrogens with zero attached hydrogens (tertiary/aromatic N) is 3. The number of aromatic nitrogens is 2. The predicted octanol–water partition coefficient (Wildman–Crippen LogP) is 2.74. The molecule has 0 N–H and O–H groups in total. The lowest BCUT2D eigenvalue weighted by molar-refractivity contribution is -0.0189. The van der Waals surface area contributed by atoms with E-state index in [4.69, 9.17) is 14.0 Å². The Balaban J connectivity index is 1.36. The topological polar surface area (TPSA) is 60.6 Å². The molecule has 2 saturated heterocycles. The van der Waals surface area contributed by atoms with E-state index in [-0.39, 0.29) is 12.2 Å². The SMILES string of the molecule is COc1ccc(CN2CC[C@H]3C[C@@H](c4nc(C)no4)O[C@@H]3C2)cc1. The Morgan fingerprint density at radius 2 is 2.12 bits per heavy atom. The second-order valence-electron chi connectivity index (χ2n) is 6.71. The van der Waals surface area contributed by atoms with E-state index in [9.17, 15) is 0 Å². The third-order valence-corrected chi connectivity index (χ3v) is 5.02. The maximum atomic E-state index is 6.21. The van der Waals surface area contributed by atoms with Crippen LogP contribution in [0.15, 0.2) is 28.8 Å². The van der Waals surface area contributed by atoms with Crippen molar-refractivity contribution < 1.29 is 14.0 Å². The predicted molar refractivity (Wildman–Crippen MR) is 87.6 cm³/mol. The molecule has 6 heteroatoms. The molecule has 1 aromatic carbocycles. The number of hydrogen-bond acceptors (Lipinski definition) is 6. The van der Waals surface area contributed by atoms with Gasteiger partial charge in [-0.1, -0.05) is 17.3 Å². The van der Waals surface area contributed by atoms with Gasteiger partial charge in [0, 0.05) is 13.1 Å². The van der Waals surface area contributed by atoms with E-state index < -0.39 is 0 Å². The molecule has 3 atom stereocenters. The monoisotopic (exact) mass is 329 g/mol. The van der Waals surface area contributed by atoms with E-state index in [1.165, 1.54) is 5.56 Å². The molecule has 2 aliphatic rings. The molecule has 24 heavy (non-hydrogen) atoms. The highest BCUT2D eigenvalue weighted by Gasteiger charge is 2.41. The summed E-state index contributed by atoms with van der Waals surface area (Å²) in [6.07, 6.45) is 2.36. The van der Waals surface area contributed by atoms with Crippen LogP contribution in [0.5, 0.6) is 5.75 Å². The summed E-state index contributed by atoms with van der Waals surface area (Å²) in [4.78, 5) is 6.79. The number of hydrogen-bond donors (Lipinski definition) is 0. The molecular formula is C18H23N3O3. The Kier molecular flexibility index (Phi) is 4.24. The van der Waals surface area contributed by atoms with Crippen LogP contribution in [0.2, 0.25) is 0 Å². The van der Waals surface area contributed by atoms with E-state index in [0.29, 0.717) is 17.6 Å². The number of piperidine rings is 1. The summed E-state index contributed by atoms with van der Waals surface area (Å²) in [7, 11) is 1.69. The second kappa shape index (κ2) is 6.53. The van der Waals surface area contributed by atoms with Gasteiger partial charge in [0.25, 0.3) is 5.89 Å². The normalized spacial score (nSPS) is 27.2. The number of fused-ring (bicyclic) bond motifs is 1. The van der Waals surface area contributed by atoms with Crippen LogP contribution in [0, 0.1) is 12.8 Å². The zero-order valence-electron chi connectivity index (χ0n) is 14.1. The molecule has 2 aliphatic heterocycles. The second-order valence-corrected chi connectivity index (χ2v) is 6.71. The molecule has 3 heterocycles. The Morgan fingerprint density at radius 1 is 1.29 bits per heavy atom. The third kappa shape index (κ3) is 3.16. The molecule has 0 unspecified atom stereocenters. The van der Waals surface area contributed by atoms with Gasteiger partial charge >= 0.3 is 0 Å². The summed E-state index contributed by atoms with van der Waals surface area (Å²) >= 11 is 0. The molecule has 2 fully saturated rings. The minimum Gasteiger partial charge on any atom is -0.497 e. The highest BCUT2D eigenvalue weighted by molar-refractivity contribution is 5.27. The van der Waals surface area contributed by atoms with Gasteiger partial charge in [0.2, 0.25) is 0 Å². The number of rotatable bonds is 4. The van der Waals surface area contributed by atoms with Crippen LogP contribution in [-0.4, -0.2) is 41.3 Å². The first-order valence-corrected chi connectivity index (χ1v) is 8.52.